The van der Waals surface area contributed by atoms with Crippen LogP contribution in [0.15, 0.2) is 11.9 Å². The molecule has 0 amide bonds. The van der Waals surface area contributed by atoms with Crippen molar-refractivity contribution in [2.24, 2.45) is 5.92 Å². The molecule has 0 nitrogen and oxygen atoms in total. The minimum atomic E-state index is 0.216. The first-order valence-electron chi connectivity index (χ1n) is 8.79. The standard InChI is InChI=1S/C18H33P/c1-3-16(4-2)10-9-15-19(17-11-5-6-12-17)18-13-7-8-14-18/h9,15-18H,3-8,10-14H2,1-2H3. The zero-order chi connectivity index (χ0) is 13.5. The maximum atomic E-state index is 2.72. The fraction of sp³-hybridized carbons (Fsp3) is 0.889. The lowest BCUT2D eigenvalue weighted by Gasteiger charge is -2.27. The van der Waals surface area contributed by atoms with Crippen LogP contribution in [0.5, 0.6) is 0 Å². The van der Waals surface area contributed by atoms with Crippen molar-refractivity contribution < 1.29 is 0 Å². The molecule has 1 heteroatoms. The zero-order valence-corrected chi connectivity index (χ0v) is 14.0. The Hall–Kier alpha value is 0.170. The molecule has 2 rings (SSSR count). The van der Waals surface area contributed by atoms with Crippen molar-refractivity contribution in [3.8, 4) is 0 Å². The lowest BCUT2D eigenvalue weighted by Crippen LogP contribution is -2.08. The third-order valence-corrected chi connectivity index (χ3v) is 8.67. The smallest absolute Gasteiger partial charge is 0.0172 e. The fourth-order valence-corrected chi connectivity index (χ4v) is 7.31. The maximum Gasteiger partial charge on any atom is -0.0172 e. The van der Waals surface area contributed by atoms with Crippen LogP contribution < -0.4 is 0 Å². The molecule has 0 aromatic rings. The van der Waals surface area contributed by atoms with Gasteiger partial charge in [-0.15, -0.1) is 0 Å². The van der Waals surface area contributed by atoms with E-state index >= 15 is 0 Å². The predicted molar refractivity (Wildman–Crippen MR) is 89.3 cm³/mol. The van der Waals surface area contributed by atoms with E-state index in [9.17, 15) is 0 Å². The molecule has 0 aromatic heterocycles. The van der Waals surface area contributed by atoms with E-state index in [0.717, 1.165) is 17.2 Å². The molecule has 2 fully saturated rings. The van der Waals surface area contributed by atoms with Gasteiger partial charge in [-0.05, 0) is 49.3 Å². The van der Waals surface area contributed by atoms with Gasteiger partial charge in [0, 0.05) is 0 Å². The summed E-state index contributed by atoms with van der Waals surface area (Å²) in [4.78, 5) is 0. The molecule has 0 aliphatic heterocycles. The Kier molecular flexibility index (Phi) is 6.92. The molecule has 2 saturated carbocycles. The molecule has 0 radical (unpaired) electrons. The van der Waals surface area contributed by atoms with Crippen LogP contribution >= 0.6 is 7.92 Å². The molecule has 0 spiro atoms. The summed E-state index contributed by atoms with van der Waals surface area (Å²) in [5, 5.41) is 0. The van der Waals surface area contributed by atoms with Crippen LogP contribution in [0.25, 0.3) is 0 Å². The van der Waals surface area contributed by atoms with Crippen LogP contribution in [0, 0.1) is 5.92 Å². The van der Waals surface area contributed by atoms with E-state index < -0.39 is 0 Å². The topological polar surface area (TPSA) is 0 Å². The molecule has 110 valence electrons. The summed E-state index contributed by atoms with van der Waals surface area (Å²) >= 11 is 0. The fourth-order valence-electron chi connectivity index (χ4n) is 3.94. The van der Waals surface area contributed by atoms with Crippen molar-refractivity contribution in [1.29, 1.82) is 0 Å². The molecule has 0 saturated heterocycles. The maximum absolute atomic E-state index is 2.72. The summed E-state index contributed by atoms with van der Waals surface area (Å²) in [5.41, 5.74) is 2.19. The highest BCUT2D eigenvalue weighted by Crippen LogP contribution is 2.58. The van der Waals surface area contributed by atoms with Crippen LogP contribution in [-0.4, -0.2) is 11.3 Å². The van der Waals surface area contributed by atoms with E-state index in [0.29, 0.717) is 0 Å². The monoisotopic (exact) mass is 280 g/mol. The molecule has 0 N–H and O–H groups in total. The van der Waals surface area contributed by atoms with Crippen molar-refractivity contribution in [1.82, 2.24) is 0 Å². The minimum absolute atomic E-state index is 0.216. The Balaban J connectivity index is 1.90. The molecule has 0 bridgehead atoms. The van der Waals surface area contributed by atoms with E-state index in [-0.39, 0.29) is 7.92 Å². The molecule has 0 unspecified atom stereocenters. The van der Waals surface area contributed by atoms with Crippen molar-refractivity contribution in [3.05, 3.63) is 11.9 Å². The van der Waals surface area contributed by atoms with Gasteiger partial charge in [0.15, 0.2) is 0 Å². The van der Waals surface area contributed by atoms with Crippen LogP contribution in [0.3, 0.4) is 0 Å². The first-order chi connectivity index (χ1) is 9.35. The van der Waals surface area contributed by atoms with Gasteiger partial charge in [-0.1, -0.05) is 72.2 Å². The average Bonchev–Trinajstić information content (AvgIpc) is 3.12. The Morgan fingerprint density at radius 2 is 1.37 bits per heavy atom. The largest absolute Gasteiger partial charge is 0.0838 e. The van der Waals surface area contributed by atoms with Gasteiger partial charge in [0.05, 0.1) is 0 Å². The SMILES string of the molecule is CCC(CC)CC=CP(C1CCCC1)C1CCCC1. The van der Waals surface area contributed by atoms with Gasteiger partial charge in [-0.2, -0.15) is 0 Å². The van der Waals surface area contributed by atoms with Crippen LogP contribution in [0.2, 0.25) is 0 Å². The van der Waals surface area contributed by atoms with Gasteiger partial charge in [0.1, 0.15) is 0 Å². The molecule has 2 aliphatic rings. The average molecular weight is 280 g/mol. The van der Waals surface area contributed by atoms with Gasteiger partial charge in [0.25, 0.3) is 0 Å². The number of allylic oxidation sites excluding steroid dienone is 1. The third kappa shape index (κ3) is 4.59. The lowest BCUT2D eigenvalue weighted by atomic mass is 10.00. The second-order valence-corrected chi connectivity index (χ2v) is 9.28. The number of hydrogen-bond acceptors (Lipinski definition) is 0. The van der Waals surface area contributed by atoms with Gasteiger partial charge < -0.3 is 0 Å². The highest BCUT2D eigenvalue weighted by Gasteiger charge is 2.30. The Morgan fingerprint density at radius 3 is 1.79 bits per heavy atom. The Labute approximate surface area is 122 Å². The normalized spacial score (nSPS) is 22.5. The minimum Gasteiger partial charge on any atom is -0.0838 e. The summed E-state index contributed by atoms with van der Waals surface area (Å²) < 4.78 is 0. The third-order valence-electron chi connectivity index (χ3n) is 5.39. The van der Waals surface area contributed by atoms with E-state index in [2.05, 4.69) is 25.7 Å². The van der Waals surface area contributed by atoms with E-state index in [1.807, 2.05) is 0 Å². The zero-order valence-electron chi connectivity index (χ0n) is 13.1. The van der Waals surface area contributed by atoms with Gasteiger partial charge in [-0.25, -0.2) is 0 Å². The van der Waals surface area contributed by atoms with Crippen molar-refractivity contribution in [2.75, 3.05) is 0 Å². The van der Waals surface area contributed by atoms with Crippen LogP contribution in [0.4, 0.5) is 0 Å². The van der Waals surface area contributed by atoms with Gasteiger partial charge in [-0.3, -0.25) is 0 Å². The summed E-state index contributed by atoms with van der Waals surface area (Å²) in [6.45, 7) is 4.69. The molecule has 0 aromatic carbocycles. The molecule has 19 heavy (non-hydrogen) atoms. The van der Waals surface area contributed by atoms with Crippen molar-refractivity contribution in [3.63, 3.8) is 0 Å². The molecular formula is C18H33P. The second-order valence-electron chi connectivity index (χ2n) is 6.63. The number of hydrogen-bond donors (Lipinski definition) is 0. The molecular weight excluding hydrogens is 247 g/mol. The van der Waals surface area contributed by atoms with E-state index in [4.69, 9.17) is 0 Å². The highest BCUT2D eigenvalue weighted by atomic mass is 31.1. The summed E-state index contributed by atoms with van der Waals surface area (Å²) in [7, 11) is 0.216. The highest BCUT2D eigenvalue weighted by molar-refractivity contribution is 7.62. The molecule has 2 aliphatic carbocycles. The quantitative estimate of drug-likeness (QED) is 0.455. The molecule has 0 heterocycles. The number of rotatable bonds is 7. The van der Waals surface area contributed by atoms with Crippen LogP contribution in [0.1, 0.15) is 84.5 Å². The Morgan fingerprint density at radius 1 is 0.895 bits per heavy atom. The first-order valence-corrected chi connectivity index (χ1v) is 10.3. The van der Waals surface area contributed by atoms with Crippen LogP contribution in [-0.2, 0) is 0 Å². The van der Waals surface area contributed by atoms with Crippen molar-refractivity contribution in [2.45, 2.75) is 95.8 Å². The summed E-state index contributed by atoms with van der Waals surface area (Å²) in [5.74, 6) is 3.65. The Bertz CT molecular complexity index is 239. The predicted octanol–water partition coefficient (Wildman–Crippen LogP) is 6.69. The summed E-state index contributed by atoms with van der Waals surface area (Å²) in [6, 6.07) is 0. The summed E-state index contributed by atoms with van der Waals surface area (Å²) in [6.07, 6.45) is 18.8. The second kappa shape index (κ2) is 8.46. The van der Waals surface area contributed by atoms with Gasteiger partial charge in [0.2, 0.25) is 0 Å². The van der Waals surface area contributed by atoms with E-state index in [1.54, 1.807) is 0 Å². The van der Waals surface area contributed by atoms with E-state index in [1.165, 1.54) is 70.6 Å². The first kappa shape index (κ1) is 15.6. The van der Waals surface area contributed by atoms with Gasteiger partial charge >= 0.3 is 0 Å². The lowest BCUT2D eigenvalue weighted by molar-refractivity contribution is 0.500. The van der Waals surface area contributed by atoms with Crippen molar-refractivity contribution >= 4 is 7.92 Å². The molecule has 0 atom stereocenters.